The summed E-state index contributed by atoms with van der Waals surface area (Å²) in [6.07, 6.45) is 7.20. The molecule has 1 N–H and O–H groups in total. The number of hydrogen-bond acceptors (Lipinski definition) is 3. The molecule has 1 saturated heterocycles. The zero-order valence-corrected chi connectivity index (χ0v) is 13.4. The van der Waals surface area contributed by atoms with Crippen molar-refractivity contribution in [1.82, 2.24) is 10.3 Å². The SMILES string of the molecule is CNCCC1CCCCN1c1ccc(C(C)(C)C)cn1. The van der Waals surface area contributed by atoms with Gasteiger partial charge in [0.15, 0.2) is 0 Å². The van der Waals surface area contributed by atoms with Crippen molar-refractivity contribution >= 4 is 5.82 Å². The summed E-state index contributed by atoms with van der Waals surface area (Å²) in [5.74, 6) is 1.15. The Morgan fingerprint density at radius 1 is 1.30 bits per heavy atom. The summed E-state index contributed by atoms with van der Waals surface area (Å²) in [6.45, 7) is 8.94. The number of piperidine rings is 1. The van der Waals surface area contributed by atoms with Crippen LogP contribution >= 0.6 is 0 Å². The number of rotatable bonds is 4. The van der Waals surface area contributed by atoms with Crippen LogP contribution in [0, 0.1) is 0 Å². The summed E-state index contributed by atoms with van der Waals surface area (Å²) in [4.78, 5) is 7.24. The van der Waals surface area contributed by atoms with Gasteiger partial charge in [0.05, 0.1) is 0 Å². The molecule has 1 atom stereocenters. The van der Waals surface area contributed by atoms with E-state index in [1.807, 2.05) is 7.05 Å². The summed E-state index contributed by atoms with van der Waals surface area (Å²) in [5, 5.41) is 3.27. The first-order valence-corrected chi connectivity index (χ1v) is 7.90. The minimum absolute atomic E-state index is 0.180. The van der Waals surface area contributed by atoms with E-state index in [4.69, 9.17) is 4.98 Å². The normalized spacial score (nSPS) is 20.2. The Morgan fingerprint density at radius 3 is 2.70 bits per heavy atom. The molecule has 0 spiro atoms. The third-order valence-corrected chi connectivity index (χ3v) is 4.26. The number of anilines is 1. The van der Waals surface area contributed by atoms with E-state index in [1.165, 1.54) is 31.2 Å². The molecule has 1 aromatic heterocycles. The van der Waals surface area contributed by atoms with Crippen molar-refractivity contribution in [3.8, 4) is 0 Å². The Balaban J connectivity index is 2.11. The molecule has 1 unspecified atom stereocenters. The van der Waals surface area contributed by atoms with Crippen LogP contribution in [0.5, 0.6) is 0 Å². The zero-order chi connectivity index (χ0) is 14.6. The molecular weight excluding hydrogens is 246 g/mol. The third-order valence-electron chi connectivity index (χ3n) is 4.26. The molecule has 0 saturated carbocycles. The second-order valence-electron chi connectivity index (χ2n) is 6.89. The highest BCUT2D eigenvalue weighted by Gasteiger charge is 2.23. The van der Waals surface area contributed by atoms with Crippen LogP contribution in [-0.2, 0) is 5.41 Å². The summed E-state index contributed by atoms with van der Waals surface area (Å²) in [6, 6.07) is 5.09. The number of nitrogens with one attached hydrogen (secondary N) is 1. The fourth-order valence-corrected chi connectivity index (χ4v) is 2.91. The van der Waals surface area contributed by atoms with Crippen molar-refractivity contribution in [3.05, 3.63) is 23.9 Å². The van der Waals surface area contributed by atoms with Crippen LogP contribution in [0.2, 0.25) is 0 Å². The van der Waals surface area contributed by atoms with Gasteiger partial charge in [-0.25, -0.2) is 4.98 Å². The van der Waals surface area contributed by atoms with Crippen LogP contribution in [-0.4, -0.2) is 31.2 Å². The quantitative estimate of drug-likeness (QED) is 0.913. The predicted octanol–water partition coefficient (Wildman–Crippen LogP) is 3.35. The first kappa shape index (κ1) is 15.3. The molecule has 1 fully saturated rings. The average Bonchev–Trinajstić information content (AvgIpc) is 2.45. The van der Waals surface area contributed by atoms with Gasteiger partial charge in [0, 0.05) is 18.8 Å². The number of hydrogen-bond donors (Lipinski definition) is 1. The lowest BCUT2D eigenvalue weighted by molar-refractivity contribution is 0.430. The molecule has 0 amide bonds. The highest BCUT2D eigenvalue weighted by molar-refractivity contribution is 5.42. The highest BCUT2D eigenvalue weighted by atomic mass is 15.2. The maximum absolute atomic E-state index is 4.73. The fraction of sp³-hybridized carbons (Fsp3) is 0.706. The maximum atomic E-state index is 4.73. The Kier molecular flexibility index (Phi) is 5.03. The topological polar surface area (TPSA) is 28.2 Å². The molecule has 0 aromatic carbocycles. The second kappa shape index (κ2) is 6.57. The molecular formula is C17H29N3. The van der Waals surface area contributed by atoms with Crippen LogP contribution in [0.3, 0.4) is 0 Å². The summed E-state index contributed by atoms with van der Waals surface area (Å²) in [7, 11) is 2.03. The zero-order valence-electron chi connectivity index (χ0n) is 13.4. The predicted molar refractivity (Wildman–Crippen MR) is 86.5 cm³/mol. The Bertz CT molecular complexity index is 405. The minimum Gasteiger partial charge on any atom is -0.354 e. The number of pyridine rings is 1. The van der Waals surface area contributed by atoms with Crippen LogP contribution in [0.25, 0.3) is 0 Å². The van der Waals surface area contributed by atoms with Crippen LogP contribution in [0.4, 0.5) is 5.82 Å². The highest BCUT2D eigenvalue weighted by Crippen LogP contribution is 2.27. The van der Waals surface area contributed by atoms with Crippen molar-refractivity contribution in [3.63, 3.8) is 0 Å². The van der Waals surface area contributed by atoms with Gasteiger partial charge in [0.2, 0.25) is 0 Å². The van der Waals surface area contributed by atoms with E-state index in [0.717, 1.165) is 18.9 Å². The molecule has 0 bridgehead atoms. The molecule has 1 aliphatic heterocycles. The van der Waals surface area contributed by atoms with Gasteiger partial charge in [0.25, 0.3) is 0 Å². The molecule has 0 aliphatic carbocycles. The third kappa shape index (κ3) is 3.72. The van der Waals surface area contributed by atoms with E-state index in [1.54, 1.807) is 0 Å². The van der Waals surface area contributed by atoms with Crippen molar-refractivity contribution in [2.24, 2.45) is 0 Å². The molecule has 1 aliphatic rings. The molecule has 112 valence electrons. The lowest BCUT2D eigenvalue weighted by Crippen LogP contribution is -2.41. The van der Waals surface area contributed by atoms with E-state index in [2.05, 4.69) is 49.3 Å². The average molecular weight is 275 g/mol. The van der Waals surface area contributed by atoms with Crippen LogP contribution in [0.15, 0.2) is 18.3 Å². The van der Waals surface area contributed by atoms with Gasteiger partial charge >= 0.3 is 0 Å². The van der Waals surface area contributed by atoms with E-state index < -0.39 is 0 Å². The first-order chi connectivity index (χ1) is 9.52. The Morgan fingerprint density at radius 2 is 2.10 bits per heavy atom. The van der Waals surface area contributed by atoms with Crippen molar-refractivity contribution in [2.45, 2.75) is 57.9 Å². The molecule has 2 heterocycles. The number of aromatic nitrogens is 1. The molecule has 2 rings (SSSR count). The van der Waals surface area contributed by atoms with E-state index in [-0.39, 0.29) is 5.41 Å². The van der Waals surface area contributed by atoms with Gasteiger partial charge in [-0.1, -0.05) is 26.8 Å². The monoisotopic (exact) mass is 275 g/mol. The van der Waals surface area contributed by atoms with Gasteiger partial charge in [-0.05, 0) is 56.3 Å². The second-order valence-corrected chi connectivity index (χ2v) is 6.89. The lowest BCUT2D eigenvalue weighted by atomic mass is 9.88. The minimum atomic E-state index is 0.180. The van der Waals surface area contributed by atoms with Crippen LogP contribution in [0.1, 0.15) is 52.0 Å². The van der Waals surface area contributed by atoms with Gasteiger partial charge < -0.3 is 10.2 Å². The van der Waals surface area contributed by atoms with Gasteiger partial charge in [-0.15, -0.1) is 0 Å². The Labute approximate surface area is 123 Å². The lowest BCUT2D eigenvalue weighted by Gasteiger charge is -2.37. The summed E-state index contributed by atoms with van der Waals surface area (Å²) < 4.78 is 0. The smallest absolute Gasteiger partial charge is 0.128 e. The fourth-order valence-electron chi connectivity index (χ4n) is 2.91. The first-order valence-electron chi connectivity index (χ1n) is 7.90. The number of nitrogens with zero attached hydrogens (tertiary/aromatic N) is 2. The Hall–Kier alpha value is -1.09. The van der Waals surface area contributed by atoms with Gasteiger partial charge in [0.1, 0.15) is 5.82 Å². The van der Waals surface area contributed by atoms with Crippen molar-refractivity contribution in [1.29, 1.82) is 0 Å². The molecule has 0 radical (unpaired) electrons. The van der Waals surface area contributed by atoms with Gasteiger partial charge in [-0.2, -0.15) is 0 Å². The van der Waals surface area contributed by atoms with Crippen molar-refractivity contribution in [2.75, 3.05) is 25.0 Å². The van der Waals surface area contributed by atoms with Gasteiger partial charge in [-0.3, -0.25) is 0 Å². The maximum Gasteiger partial charge on any atom is 0.128 e. The summed E-state index contributed by atoms with van der Waals surface area (Å²) >= 11 is 0. The molecule has 20 heavy (non-hydrogen) atoms. The van der Waals surface area contributed by atoms with E-state index in [0.29, 0.717) is 6.04 Å². The molecule has 1 aromatic rings. The van der Waals surface area contributed by atoms with Crippen molar-refractivity contribution < 1.29 is 0 Å². The molecule has 3 nitrogen and oxygen atoms in total. The van der Waals surface area contributed by atoms with E-state index in [9.17, 15) is 0 Å². The van der Waals surface area contributed by atoms with Crippen LogP contribution < -0.4 is 10.2 Å². The standard InChI is InChI=1S/C17H29N3/c1-17(2,3)14-8-9-16(19-13-14)20-12-6-5-7-15(20)10-11-18-4/h8-9,13,15,18H,5-7,10-12H2,1-4H3. The summed E-state index contributed by atoms with van der Waals surface area (Å²) in [5.41, 5.74) is 1.49. The van der Waals surface area contributed by atoms with E-state index >= 15 is 0 Å². The largest absolute Gasteiger partial charge is 0.354 e. The molecule has 3 heteroatoms.